The predicted molar refractivity (Wildman–Crippen MR) is 122 cm³/mol. The van der Waals surface area contributed by atoms with Crippen LogP contribution in [0, 0.1) is 13.8 Å². The lowest BCUT2D eigenvalue weighted by atomic mass is 9.91. The van der Waals surface area contributed by atoms with Crippen molar-refractivity contribution in [1.82, 2.24) is 9.62 Å². The molecule has 1 unspecified atom stereocenters. The topological polar surface area (TPSA) is 86.8 Å². The van der Waals surface area contributed by atoms with Gasteiger partial charge in [-0.3, -0.25) is 14.5 Å². The molecule has 1 aromatic rings. The molecule has 0 radical (unpaired) electrons. The summed E-state index contributed by atoms with van der Waals surface area (Å²) in [6, 6.07) is 5.81. The minimum absolute atomic E-state index is 0.0504. The number of hydrogen-bond acceptors (Lipinski definition) is 4. The first-order valence-corrected chi connectivity index (χ1v) is 13.0. The number of aryl methyl sites for hydroxylation is 2. The quantitative estimate of drug-likeness (QED) is 0.766. The van der Waals surface area contributed by atoms with Crippen LogP contribution in [0.25, 0.3) is 0 Å². The Morgan fingerprint density at radius 2 is 1.58 bits per heavy atom. The molecule has 7 nitrogen and oxygen atoms in total. The van der Waals surface area contributed by atoms with Crippen LogP contribution < -0.4 is 10.2 Å². The van der Waals surface area contributed by atoms with Crippen molar-refractivity contribution in [2.75, 3.05) is 24.2 Å². The molecule has 172 valence electrons. The average Bonchev–Trinajstić information content (AvgIpc) is 2.61. The standard InChI is InChI=1S/C23H35N3O4S/c1-17-12-18(2)14-20(13-17)26-21(27)15-25(31(4,29)30)16-23(26,3)22(28)24-19-10-8-6-5-7-9-11-19/h12-14,19H,5-11,15-16H2,1-4H3,(H,24,28). The molecule has 1 saturated carbocycles. The van der Waals surface area contributed by atoms with Gasteiger partial charge in [0.2, 0.25) is 21.8 Å². The highest BCUT2D eigenvalue weighted by Crippen LogP contribution is 2.32. The van der Waals surface area contributed by atoms with E-state index in [1.54, 1.807) is 6.92 Å². The number of anilines is 1. The minimum Gasteiger partial charge on any atom is -0.351 e. The van der Waals surface area contributed by atoms with Gasteiger partial charge in [-0.1, -0.05) is 38.2 Å². The Hall–Kier alpha value is -1.93. The van der Waals surface area contributed by atoms with Crippen LogP contribution in [0.15, 0.2) is 18.2 Å². The third-order valence-corrected chi connectivity index (χ3v) is 7.60. The number of nitrogens with zero attached hydrogens (tertiary/aromatic N) is 2. The lowest BCUT2D eigenvalue weighted by Crippen LogP contribution is -2.70. The van der Waals surface area contributed by atoms with Crippen LogP contribution in [-0.4, -0.2) is 55.5 Å². The summed E-state index contributed by atoms with van der Waals surface area (Å²) in [5.74, 6) is -0.684. The van der Waals surface area contributed by atoms with Gasteiger partial charge in [-0.15, -0.1) is 0 Å². The van der Waals surface area contributed by atoms with Crippen LogP contribution in [0.4, 0.5) is 5.69 Å². The average molecular weight is 450 g/mol. The number of rotatable bonds is 4. The van der Waals surface area contributed by atoms with E-state index in [1.807, 2.05) is 32.0 Å². The fourth-order valence-electron chi connectivity index (χ4n) is 4.82. The number of carbonyl (C=O) groups excluding carboxylic acids is 2. The predicted octanol–water partition coefficient (Wildman–Crippen LogP) is 2.90. The molecule has 0 spiro atoms. The number of amides is 2. The van der Waals surface area contributed by atoms with Gasteiger partial charge in [0.25, 0.3) is 0 Å². The van der Waals surface area contributed by atoms with E-state index in [0.29, 0.717) is 5.69 Å². The van der Waals surface area contributed by atoms with E-state index in [-0.39, 0.29) is 25.0 Å². The molecule has 1 saturated heterocycles. The minimum atomic E-state index is -3.62. The molecular formula is C23H35N3O4S. The Labute approximate surface area is 186 Å². The van der Waals surface area contributed by atoms with Gasteiger partial charge < -0.3 is 5.32 Å². The third kappa shape index (κ3) is 5.47. The van der Waals surface area contributed by atoms with Crippen molar-refractivity contribution in [3.05, 3.63) is 29.3 Å². The lowest BCUT2D eigenvalue weighted by Gasteiger charge is -2.47. The highest BCUT2D eigenvalue weighted by molar-refractivity contribution is 7.88. The van der Waals surface area contributed by atoms with Gasteiger partial charge in [0.1, 0.15) is 5.54 Å². The Kier molecular flexibility index (Phi) is 7.11. The van der Waals surface area contributed by atoms with Crippen LogP contribution >= 0.6 is 0 Å². The Morgan fingerprint density at radius 1 is 1.03 bits per heavy atom. The summed E-state index contributed by atoms with van der Waals surface area (Å²) < 4.78 is 25.7. The maximum absolute atomic E-state index is 13.6. The summed E-state index contributed by atoms with van der Waals surface area (Å²) in [5.41, 5.74) is 1.26. The van der Waals surface area contributed by atoms with Crippen LogP contribution in [0.5, 0.6) is 0 Å². The molecule has 1 aliphatic heterocycles. The Morgan fingerprint density at radius 3 is 2.13 bits per heavy atom. The van der Waals surface area contributed by atoms with E-state index in [9.17, 15) is 18.0 Å². The molecule has 1 heterocycles. The van der Waals surface area contributed by atoms with E-state index >= 15 is 0 Å². The summed E-state index contributed by atoms with van der Waals surface area (Å²) in [4.78, 5) is 28.4. The molecule has 3 rings (SSSR count). The van der Waals surface area contributed by atoms with E-state index < -0.39 is 21.5 Å². The molecule has 0 aromatic heterocycles. The number of carbonyl (C=O) groups is 2. The first-order chi connectivity index (χ1) is 14.5. The maximum Gasteiger partial charge on any atom is 0.247 e. The first kappa shape index (κ1) is 23.7. The molecule has 2 fully saturated rings. The normalized spacial score (nSPS) is 24.5. The number of nitrogens with one attached hydrogen (secondary N) is 1. The number of piperazine rings is 1. The largest absolute Gasteiger partial charge is 0.351 e. The smallest absolute Gasteiger partial charge is 0.247 e. The molecule has 1 aromatic carbocycles. The van der Waals surface area contributed by atoms with Gasteiger partial charge in [-0.2, -0.15) is 4.31 Å². The van der Waals surface area contributed by atoms with Crippen LogP contribution in [0.2, 0.25) is 0 Å². The number of hydrogen-bond donors (Lipinski definition) is 1. The van der Waals surface area contributed by atoms with E-state index in [4.69, 9.17) is 0 Å². The Bertz CT molecular complexity index is 918. The highest BCUT2D eigenvalue weighted by atomic mass is 32.2. The fraction of sp³-hybridized carbons (Fsp3) is 0.652. The van der Waals surface area contributed by atoms with Crippen molar-refractivity contribution in [1.29, 1.82) is 0 Å². The van der Waals surface area contributed by atoms with Crippen molar-refractivity contribution in [2.45, 2.75) is 77.3 Å². The SMILES string of the molecule is Cc1cc(C)cc(N2C(=O)CN(S(C)(=O)=O)CC2(C)C(=O)NC2CCCCCCC2)c1. The van der Waals surface area contributed by atoms with Crippen molar-refractivity contribution in [2.24, 2.45) is 0 Å². The molecule has 8 heteroatoms. The first-order valence-electron chi connectivity index (χ1n) is 11.2. The van der Waals surface area contributed by atoms with E-state index in [0.717, 1.165) is 47.4 Å². The third-order valence-electron chi connectivity index (χ3n) is 6.40. The molecular weight excluding hydrogens is 414 g/mol. The molecule has 2 aliphatic rings. The Balaban J connectivity index is 1.97. The summed E-state index contributed by atoms with van der Waals surface area (Å²) in [5, 5.41) is 3.16. The fourth-order valence-corrected chi connectivity index (χ4v) is 5.66. The second kappa shape index (κ2) is 9.28. The summed E-state index contributed by atoms with van der Waals surface area (Å²) in [6.07, 6.45) is 8.60. The molecule has 2 amide bonds. The van der Waals surface area contributed by atoms with Crippen LogP contribution in [0.1, 0.15) is 63.0 Å². The van der Waals surface area contributed by atoms with Crippen LogP contribution in [0.3, 0.4) is 0 Å². The zero-order valence-corrected chi connectivity index (χ0v) is 19.9. The van der Waals surface area contributed by atoms with Crippen molar-refractivity contribution in [3.63, 3.8) is 0 Å². The van der Waals surface area contributed by atoms with Crippen molar-refractivity contribution < 1.29 is 18.0 Å². The summed E-state index contributed by atoms with van der Waals surface area (Å²) in [6.45, 7) is 5.23. The highest BCUT2D eigenvalue weighted by Gasteiger charge is 2.50. The number of benzene rings is 1. The zero-order valence-electron chi connectivity index (χ0n) is 19.1. The van der Waals surface area contributed by atoms with Crippen molar-refractivity contribution >= 4 is 27.5 Å². The van der Waals surface area contributed by atoms with Gasteiger partial charge in [-0.25, -0.2) is 8.42 Å². The second-order valence-corrected chi connectivity index (χ2v) is 11.4. The molecule has 0 bridgehead atoms. The van der Waals surface area contributed by atoms with Gasteiger partial charge in [-0.05, 0) is 56.9 Å². The maximum atomic E-state index is 13.6. The molecule has 31 heavy (non-hydrogen) atoms. The van der Waals surface area contributed by atoms with Crippen molar-refractivity contribution in [3.8, 4) is 0 Å². The number of sulfonamides is 1. The summed E-state index contributed by atoms with van der Waals surface area (Å²) in [7, 11) is -3.62. The van der Waals surface area contributed by atoms with Gasteiger partial charge >= 0.3 is 0 Å². The van der Waals surface area contributed by atoms with E-state index in [2.05, 4.69) is 5.32 Å². The molecule has 1 N–H and O–H groups in total. The van der Waals surface area contributed by atoms with Crippen LogP contribution in [-0.2, 0) is 19.6 Å². The second-order valence-electron chi connectivity index (χ2n) is 9.40. The van der Waals surface area contributed by atoms with Gasteiger partial charge in [0.05, 0.1) is 12.8 Å². The van der Waals surface area contributed by atoms with E-state index in [1.165, 1.54) is 24.2 Å². The molecule has 1 atom stereocenters. The van der Waals surface area contributed by atoms with Gasteiger partial charge in [0.15, 0.2) is 0 Å². The summed E-state index contributed by atoms with van der Waals surface area (Å²) >= 11 is 0. The van der Waals surface area contributed by atoms with Gasteiger partial charge in [0, 0.05) is 18.3 Å². The molecule has 1 aliphatic carbocycles. The zero-order chi connectivity index (χ0) is 22.8. The monoisotopic (exact) mass is 449 g/mol. The lowest BCUT2D eigenvalue weighted by molar-refractivity contribution is -0.133.